The number of carbonyl (C=O) groups excluding carboxylic acids is 1. The van der Waals surface area contributed by atoms with E-state index in [0.29, 0.717) is 5.92 Å². The molecule has 20 heavy (non-hydrogen) atoms. The Labute approximate surface area is 117 Å². The first-order valence-corrected chi connectivity index (χ1v) is 6.63. The van der Waals surface area contributed by atoms with Crippen LogP contribution in [0.25, 0.3) is 0 Å². The number of hydrazine groups is 1. The van der Waals surface area contributed by atoms with Gasteiger partial charge in [-0.05, 0) is 32.0 Å². The number of nitrogens with zero attached hydrogens (tertiary/aromatic N) is 2. The van der Waals surface area contributed by atoms with Crippen LogP contribution in [0.15, 0.2) is 12.3 Å². The van der Waals surface area contributed by atoms with Crippen LogP contribution in [0.2, 0.25) is 0 Å². The van der Waals surface area contributed by atoms with E-state index in [-0.39, 0.29) is 17.4 Å². The number of pyridine rings is 1. The fourth-order valence-corrected chi connectivity index (χ4v) is 2.53. The molecule has 2 unspecified atom stereocenters. The summed E-state index contributed by atoms with van der Waals surface area (Å²) in [6, 6.07) is 1.41. The third-order valence-electron chi connectivity index (χ3n) is 3.70. The van der Waals surface area contributed by atoms with E-state index in [9.17, 15) is 9.18 Å². The van der Waals surface area contributed by atoms with Gasteiger partial charge in [0.05, 0.1) is 5.56 Å². The Bertz CT molecular complexity index is 496. The second kappa shape index (κ2) is 6.15. The van der Waals surface area contributed by atoms with Crippen molar-refractivity contribution in [1.82, 2.24) is 15.2 Å². The van der Waals surface area contributed by atoms with E-state index in [4.69, 9.17) is 5.84 Å². The number of nitrogens with two attached hydrogens (primary N) is 1. The van der Waals surface area contributed by atoms with E-state index in [0.717, 1.165) is 19.5 Å². The van der Waals surface area contributed by atoms with Gasteiger partial charge in [0.1, 0.15) is 0 Å². The van der Waals surface area contributed by atoms with Crippen molar-refractivity contribution in [3.63, 3.8) is 0 Å². The normalized spacial score (nSPS) is 23.4. The summed E-state index contributed by atoms with van der Waals surface area (Å²) in [5.41, 5.74) is 2.09. The first-order chi connectivity index (χ1) is 9.52. The topological polar surface area (TPSA) is 83.3 Å². The molecule has 0 radical (unpaired) electrons. The van der Waals surface area contributed by atoms with Gasteiger partial charge >= 0.3 is 0 Å². The lowest BCUT2D eigenvalue weighted by Gasteiger charge is -2.35. The maximum atomic E-state index is 14.0. The van der Waals surface area contributed by atoms with Crippen LogP contribution in [0.5, 0.6) is 0 Å². The van der Waals surface area contributed by atoms with Gasteiger partial charge in [-0.3, -0.25) is 4.79 Å². The summed E-state index contributed by atoms with van der Waals surface area (Å²) < 4.78 is 14.0. The fraction of sp³-hybridized carbons (Fsp3) is 0.538. The third-order valence-corrected chi connectivity index (χ3v) is 3.70. The Hall–Kier alpha value is -1.73. The minimum atomic E-state index is -0.729. The minimum absolute atomic E-state index is 0.0425. The van der Waals surface area contributed by atoms with E-state index >= 15 is 0 Å². The van der Waals surface area contributed by atoms with Gasteiger partial charge in [-0.2, -0.15) is 0 Å². The van der Waals surface area contributed by atoms with Gasteiger partial charge in [-0.25, -0.2) is 15.2 Å². The molecule has 1 aromatic heterocycles. The highest BCUT2D eigenvalue weighted by molar-refractivity contribution is 5.95. The number of hydrogen-bond acceptors (Lipinski definition) is 5. The van der Waals surface area contributed by atoms with E-state index in [1.54, 1.807) is 0 Å². The van der Waals surface area contributed by atoms with Crippen molar-refractivity contribution < 1.29 is 9.18 Å². The van der Waals surface area contributed by atoms with E-state index in [1.807, 2.05) is 0 Å². The molecule has 6 nitrogen and oxygen atoms in total. The summed E-state index contributed by atoms with van der Waals surface area (Å²) in [6.07, 6.45) is 2.21. The van der Waals surface area contributed by atoms with E-state index < -0.39 is 11.7 Å². The zero-order valence-electron chi connectivity index (χ0n) is 11.7. The highest BCUT2D eigenvalue weighted by Crippen LogP contribution is 2.18. The molecule has 0 saturated carbocycles. The molecule has 0 spiro atoms. The first kappa shape index (κ1) is 14.7. The molecule has 2 heterocycles. The summed E-state index contributed by atoms with van der Waals surface area (Å²) in [5, 5.41) is 2.90. The number of nitrogen functional groups attached to an aromatic ring is 1. The predicted molar refractivity (Wildman–Crippen MR) is 74.5 cm³/mol. The summed E-state index contributed by atoms with van der Waals surface area (Å²) >= 11 is 0. The molecule has 4 N–H and O–H groups in total. The first-order valence-electron chi connectivity index (χ1n) is 6.63. The maximum absolute atomic E-state index is 14.0. The lowest BCUT2D eigenvalue weighted by Crippen LogP contribution is -2.49. The molecule has 0 bridgehead atoms. The molecular weight excluding hydrogens is 261 g/mol. The van der Waals surface area contributed by atoms with Crippen LogP contribution < -0.4 is 16.6 Å². The number of nitrogens with one attached hydrogen (secondary N) is 2. The number of anilines is 1. The highest BCUT2D eigenvalue weighted by atomic mass is 19.1. The summed E-state index contributed by atoms with van der Waals surface area (Å²) in [4.78, 5) is 18.1. The van der Waals surface area contributed by atoms with Crippen LogP contribution in [-0.2, 0) is 0 Å². The summed E-state index contributed by atoms with van der Waals surface area (Å²) in [6.45, 7) is 3.92. The number of aromatic nitrogens is 1. The van der Waals surface area contributed by atoms with Crippen molar-refractivity contribution in [2.45, 2.75) is 19.4 Å². The van der Waals surface area contributed by atoms with Gasteiger partial charge in [0.15, 0.2) is 11.6 Å². The van der Waals surface area contributed by atoms with Gasteiger partial charge in [-0.15, -0.1) is 0 Å². The number of piperidine rings is 1. The maximum Gasteiger partial charge on any atom is 0.254 e. The van der Waals surface area contributed by atoms with Crippen molar-refractivity contribution in [1.29, 1.82) is 0 Å². The van der Waals surface area contributed by atoms with Gasteiger partial charge in [-0.1, -0.05) is 6.92 Å². The lowest BCUT2D eigenvalue weighted by molar-refractivity contribution is 0.0879. The Balaban J connectivity index is 2.09. The average Bonchev–Trinajstić information content (AvgIpc) is 2.42. The Morgan fingerprint density at radius 3 is 3.00 bits per heavy atom. The van der Waals surface area contributed by atoms with Crippen molar-refractivity contribution in [3.8, 4) is 0 Å². The molecule has 1 aliphatic heterocycles. The predicted octanol–water partition coefficient (Wildman–Crippen LogP) is 0.576. The monoisotopic (exact) mass is 281 g/mol. The molecule has 0 aromatic carbocycles. The van der Waals surface area contributed by atoms with Crippen molar-refractivity contribution in [3.05, 3.63) is 23.6 Å². The van der Waals surface area contributed by atoms with Crippen LogP contribution in [0.3, 0.4) is 0 Å². The molecule has 2 atom stereocenters. The average molecular weight is 281 g/mol. The van der Waals surface area contributed by atoms with Crippen LogP contribution in [-0.4, -0.2) is 42.0 Å². The van der Waals surface area contributed by atoms with Gasteiger partial charge < -0.3 is 15.6 Å². The molecule has 0 aliphatic carbocycles. The number of rotatable bonds is 3. The number of hydrogen-bond donors (Lipinski definition) is 3. The Morgan fingerprint density at radius 2 is 2.35 bits per heavy atom. The molecule has 7 heteroatoms. The number of carbonyl (C=O) groups is 1. The van der Waals surface area contributed by atoms with Crippen LogP contribution in [0.4, 0.5) is 10.2 Å². The molecule has 1 aliphatic rings. The van der Waals surface area contributed by atoms with Crippen molar-refractivity contribution in [2.75, 3.05) is 25.6 Å². The Morgan fingerprint density at radius 1 is 1.60 bits per heavy atom. The second-order valence-corrected chi connectivity index (χ2v) is 5.27. The number of amides is 1. The van der Waals surface area contributed by atoms with Crippen LogP contribution in [0.1, 0.15) is 23.7 Å². The largest absolute Gasteiger partial charge is 0.349 e. The number of halogens is 1. The zero-order chi connectivity index (χ0) is 14.7. The van der Waals surface area contributed by atoms with Crippen LogP contribution in [0, 0.1) is 11.7 Å². The number of likely N-dealkylation sites (tertiary alicyclic amines) is 1. The molecule has 1 fully saturated rings. The SMILES string of the molecule is CC1CN(C)CCC1NC(=O)c1ccnc(NN)c1F. The quantitative estimate of drug-likeness (QED) is 0.557. The highest BCUT2D eigenvalue weighted by Gasteiger charge is 2.27. The zero-order valence-corrected chi connectivity index (χ0v) is 11.7. The Kier molecular flexibility index (Phi) is 4.51. The second-order valence-electron chi connectivity index (χ2n) is 5.27. The summed E-state index contributed by atoms with van der Waals surface area (Å²) in [7, 11) is 2.05. The lowest BCUT2D eigenvalue weighted by atomic mass is 9.94. The van der Waals surface area contributed by atoms with Crippen molar-refractivity contribution >= 4 is 11.7 Å². The molecule has 1 amide bonds. The van der Waals surface area contributed by atoms with Gasteiger partial charge in [0.2, 0.25) is 0 Å². The van der Waals surface area contributed by atoms with Gasteiger partial charge in [0, 0.05) is 18.8 Å². The fourth-order valence-electron chi connectivity index (χ4n) is 2.53. The van der Waals surface area contributed by atoms with Gasteiger partial charge in [0.25, 0.3) is 5.91 Å². The minimum Gasteiger partial charge on any atom is -0.349 e. The smallest absolute Gasteiger partial charge is 0.254 e. The standard InChI is InChI=1S/C13H20FN5O/c1-8-7-19(2)6-4-10(8)17-13(20)9-3-5-16-12(18-15)11(9)14/h3,5,8,10H,4,6-7,15H2,1-2H3,(H,16,18)(H,17,20). The molecule has 110 valence electrons. The van der Waals surface area contributed by atoms with Crippen molar-refractivity contribution in [2.24, 2.45) is 11.8 Å². The summed E-state index contributed by atoms with van der Waals surface area (Å²) in [5.74, 6) is 4.19. The molecular formula is C13H20FN5O. The van der Waals surface area contributed by atoms with Crippen LogP contribution >= 0.6 is 0 Å². The third kappa shape index (κ3) is 3.05. The molecule has 2 rings (SSSR count). The van der Waals surface area contributed by atoms with E-state index in [2.05, 4.69) is 34.6 Å². The van der Waals surface area contributed by atoms with E-state index in [1.165, 1.54) is 12.3 Å². The molecule has 1 saturated heterocycles. The molecule has 1 aromatic rings.